The molecule has 0 saturated carbocycles. The number of nitrogens with zero attached hydrogens (tertiary/aromatic N) is 1. The molecule has 0 amide bonds. The Hall–Kier alpha value is -1.29. The van der Waals surface area contributed by atoms with Crippen LogP contribution in [0.15, 0.2) is 27.2 Å². The highest BCUT2D eigenvalue weighted by atomic mass is 79.9. The molecule has 2 aromatic rings. The minimum Gasteiger partial charge on any atom is -0.488 e. The molecule has 3 nitrogen and oxygen atoms in total. The van der Waals surface area contributed by atoms with E-state index in [0.29, 0.717) is 6.61 Å². The number of rotatable bonds is 3. The highest BCUT2D eigenvalue weighted by Crippen LogP contribution is 2.24. The minimum absolute atomic E-state index is 0.485. The Morgan fingerprint density at radius 1 is 1.29 bits per heavy atom. The fourth-order valence-corrected chi connectivity index (χ4v) is 1.93. The van der Waals surface area contributed by atoms with E-state index in [4.69, 9.17) is 9.26 Å². The smallest absolute Gasteiger partial charge is 0.140 e. The highest BCUT2D eigenvalue weighted by Gasteiger charge is 2.10. The van der Waals surface area contributed by atoms with E-state index in [1.54, 1.807) is 0 Å². The van der Waals surface area contributed by atoms with Crippen LogP contribution in [0.5, 0.6) is 5.75 Å². The van der Waals surface area contributed by atoms with Gasteiger partial charge >= 0.3 is 0 Å². The molecule has 0 fully saturated rings. The van der Waals surface area contributed by atoms with Crippen molar-refractivity contribution in [3.8, 4) is 5.75 Å². The Morgan fingerprint density at radius 3 is 2.71 bits per heavy atom. The maximum Gasteiger partial charge on any atom is 0.140 e. The summed E-state index contributed by atoms with van der Waals surface area (Å²) in [5.41, 5.74) is 3.01. The van der Waals surface area contributed by atoms with Crippen molar-refractivity contribution in [1.29, 1.82) is 0 Å². The summed E-state index contributed by atoms with van der Waals surface area (Å²) in [5.74, 6) is 1.69. The lowest BCUT2D eigenvalue weighted by molar-refractivity contribution is 0.299. The Kier molecular flexibility index (Phi) is 3.52. The monoisotopic (exact) mass is 295 g/mol. The van der Waals surface area contributed by atoms with Crippen molar-refractivity contribution in [2.75, 3.05) is 0 Å². The first-order chi connectivity index (χ1) is 8.08. The molecule has 0 bridgehead atoms. The molecule has 1 aromatic heterocycles. The highest BCUT2D eigenvalue weighted by molar-refractivity contribution is 9.10. The molecule has 0 aliphatic heterocycles. The second kappa shape index (κ2) is 4.92. The van der Waals surface area contributed by atoms with Gasteiger partial charge in [0.25, 0.3) is 0 Å². The summed E-state index contributed by atoms with van der Waals surface area (Å²) in [5, 5.41) is 3.90. The van der Waals surface area contributed by atoms with Crippen molar-refractivity contribution in [3.63, 3.8) is 0 Å². The topological polar surface area (TPSA) is 35.3 Å². The third kappa shape index (κ3) is 2.69. The van der Waals surface area contributed by atoms with E-state index >= 15 is 0 Å². The predicted octanol–water partition coefficient (Wildman–Crippen LogP) is 3.94. The van der Waals surface area contributed by atoms with E-state index in [-0.39, 0.29) is 0 Å². The van der Waals surface area contributed by atoms with Crippen molar-refractivity contribution in [1.82, 2.24) is 5.16 Å². The number of hydrogen-bond acceptors (Lipinski definition) is 3. The van der Waals surface area contributed by atoms with Gasteiger partial charge in [0.05, 0.1) is 11.3 Å². The van der Waals surface area contributed by atoms with Crippen molar-refractivity contribution in [2.24, 2.45) is 0 Å². The lowest BCUT2D eigenvalue weighted by Crippen LogP contribution is -1.99. The molecule has 0 unspecified atom stereocenters. The first-order valence-corrected chi connectivity index (χ1v) is 6.18. The van der Waals surface area contributed by atoms with Crippen LogP contribution in [-0.4, -0.2) is 5.16 Å². The molecule has 90 valence electrons. The van der Waals surface area contributed by atoms with Crippen molar-refractivity contribution in [3.05, 3.63) is 45.3 Å². The zero-order valence-electron chi connectivity index (χ0n) is 10.1. The van der Waals surface area contributed by atoms with Crippen LogP contribution in [0, 0.1) is 20.8 Å². The lowest BCUT2D eigenvalue weighted by Gasteiger charge is -2.09. The molecule has 0 spiro atoms. The molecule has 0 saturated heterocycles. The second-order valence-corrected chi connectivity index (χ2v) is 4.92. The molecule has 0 aliphatic carbocycles. The number of hydrogen-bond donors (Lipinski definition) is 0. The van der Waals surface area contributed by atoms with Crippen LogP contribution in [0.2, 0.25) is 0 Å². The number of benzene rings is 1. The van der Waals surface area contributed by atoms with Gasteiger partial charge in [-0.05, 0) is 38.5 Å². The summed E-state index contributed by atoms with van der Waals surface area (Å²) in [4.78, 5) is 0. The molecular formula is C13H14BrNO2. The van der Waals surface area contributed by atoms with Gasteiger partial charge in [-0.2, -0.15) is 0 Å². The van der Waals surface area contributed by atoms with E-state index in [1.807, 2.05) is 39.0 Å². The first kappa shape index (κ1) is 12.2. The van der Waals surface area contributed by atoms with E-state index in [1.165, 1.54) is 0 Å². The van der Waals surface area contributed by atoms with E-state index in [9.17, 15) is 0 Å². The van der Waals surface area contributed by atoms with Crippen LogP contribution in [0.4, 0.5) is 0 Å². The Bertz CT molecular complexity index is 515. The largest absolute Gasteiger partial charge is 0.488 e. The summed E-state index contributed by atoms with van der Waals surface area (Å²) in [6.07, 6.45) is 0. The maximum absolute atomic E-state index is 5.79. The fraction of sp³-hybridized carbons (Fsp3) is 0.308. The summed E-state index contributed by atoms with van der Waals surface area (Å²) in [6.45, 7) is 6.32. The quantitative estimate of drug-likeness (QED) is 0.860. The van der Waals surface area contributed by atoms with Crippen molar-refractivity contribution in [2.45, 2.75) is 27.4 Å². The van der Waals surface area contributed by atoms with Gasteiger partial charge in [-0.3, -0.25) is 0 Å². The summed E-state index contributed by atoms with van der Waals surface area (Å²) < 4.78 is 11.9. The molecule has 17 heavy (non-hydrogen) atoms. The third-order valence-electron chi connectivity index (χ3n) is 2.70. The molecule has 1 aromatic carbocycles. The van der Waals surface area contributed by atoms with Crippen LogP contribution in [0.1, 0.15) is 22.6 Å². The predicted molar refractivity (Wildman–Crippen MR) is 69.2 cm³/mol. The third-order valence-corrected chi connectivity index (χ3v) is 3.20. The summed E-state index contributed by atoms with van der Waals surface area (Å²) in [7, 11) is 0. The van der Waals surface area contributed by atoms with Crippen molar-refractivity contribution < 1.29 is 9.26 Å². The molecule has 1 heterocycles. The number of aryl methyl sites for hydroxylation is 3. The summed E-state index contributed by atoms with van der Waals surface area (Å²) >= 11 is 3.43. The normalized spacial score (nSPS) is 10.6. The van der Waals surface area contributed by atoms with Crippen LogP contribution in [-0.2, 0) is 6.61 Å². The molecular weight excluding hydrogens is 282 g/mol. The van der Waals surface area contributed by atoms with Gasteiger partial charge in [0, 0.05) is 4.47 Å². The number of aromatic nitrogens is 1. The molecule has 0 atom stereocenters. The standard InChI is InChI=1S/C13H14BrNO2/c1-8-4-5-11(14)6-13(8)16-7-12-9(2)15-17-10(12)3/h4-6H,7H2,1-3H3. The second-order valence-electron chi connectivity index (χ2n) is 4.00. The van der Waals surface area contributed by atoms with Crippen LogP contribution in [0.25, 0.3) is 0 Å². The molecule has 2 rings (SSSR count). The average Bonchev–Trinajstić information content (AvgIpc) is 2.61. The number of ether oxygens (including phenoxy) is 1. The average molecular weight is 296 g/mol. The Labute approximate surface area is 109 Å². The molecule has 4 heteroatoms. The van der Waals surface area contributed by atoms with Crippen LogP contribution >= 0.6 is 15.9 Å². The Balaban J connectivity index is 2.15. The number of halogens is 1. The maximum atomic E-state index is 5.79. The zero-order chi connectivity index (χ0) is 12.4. The van der Waals surface area contributed by atoms with Gasteiger partial charge in [-0.15, -0.1) is 0 Å². The van der Waals surface area contributed by atoms with Crippen molar-refractivity contribution >= 4 is 15.9 Å². The molecule has 0 radical (unpaired) electrons. The molecule has 0 aliphatic rings. The van der Waals surface area contributed by atoms with Crippen LogP contribution in [0.3, 0.4) is 0 Å². The van der Waals surface area contributed by atoms with E-state index < -0.39 is 0 Å². The van der Waals surface area contributed by atoms with Crippen LogP contribution < -0.4 is 4.74 Å². The Morgan fingerprint density at radius 2 is 2.06 bits per heavy atom. The lowest BCUT2D eigenvalue weighted by atomic mass is 10.2. The minimum atomic E-state index is 0.485. The van der Waals surface area contributed by atoms with E-state index in [2.05, 4.69) is 21.1 Å². The van der Waals surface area contributed by atoms with Gasteiger partial charge in [-0.25, -0.2) is 0 Å². The SMILES string of the molecule is Cc1ccc(Br)cc1OCc1c(C)noc1C. The van der Waals surface area contributed by atoms with Gasteiger partial charge in [0.2, 0.25) is 0 Å². The van der Waals surface area contributed by atoms with Gasteiger partial charge in [0.15, 0.2) is 0 Å². The van der Waals surface area contributed by atoms with Gasteiger partial charge in [0.1, 0.15) is 18.1 Å². The van der Waals surface area contributed by atoms with Gasteiger partial charge < -0.3 is 9.26 Å². The molecule has 0 N–H and O–H groups in total. The first-order valence-electron chi connectivity index (χ1n) is 5.38. The van der Waals surface area contributed by atoms with Gasteiger partial charge in [-0.1, -0.05) is 27.2 Å². The van der Waals surface area contributed by atoms with E-state index in [0.717, 1.165) is 32.8 Å². The summed E-state index contributed by atoms with van der Waals surface area (Å²) in [6, 6.07) is 5.98. The zero-order valence-corrected chi connectivity index (χ0v) is 11.7. The fourth-order valence-electron chi connectivity index (χ4n) is 1.59.